The highest BCUT2D eigenvalue weighted by Crippen LogP contribution is 2.55. The molecule has 0 aromatic heterocycles. The molecule has 1 rings (SSSR count). The Hall–Kier alpha value is -1.24. The van der Waals surface area contributed by atoms with Crippen molar-refractivity contribution in [3.8, 4) is 0 Å². The van der Waals surface area contributed by atoms with E-state index in [1.54, 1.807) is 0 Å². The van der Waals surface area contributed by atoms with Crippen LogP contribution in [0.3, 0.4) is 0 Å². The Labute approximate surface area is 96.2 Å². The molecule has 112 valence electrons. The summed E-state index contributed by atoms with van der Waals surface area (Å²) in [7, 11) is 0. The number of alkyl halides is 9. The predicted octanol–water partition coefficient (Wildman–Crippen LogP) is 1.63. The van der Waals surface area contributed by atoms with Crippen LogP contribution in [-0.2, 0) is 14.3 Å². The van der Waals surface area contributed by atoms with Crippen LogP contribution >= 0.6 is 0 Å². The molecule has 0 aliphatic carbocycles. The summed E-state index contributed by atoms with van der Waals surface area (Å²) in [4.78, 5) is 10.5. The highest BCUT2D eigenvalue weighted by molar-refractivity contribution is 5.81. The number of halogens is 9. The van der Waals surface area contributed by atoms with Gasteiger partial charge in [-0.1, -0.05) is 0 Å². The van der Waals surface area contributed by atoms with Crippen LogP contribution in [0.4, 0.5) is 39.5 Å². The van der Waals surface area contributed by atoms with Crippen molar-refractivity contribution in [2.24, 2.45) is 0 Å². The van der Waals surface area contributed by atoms with Crippen LogP contribution in [0.25, 0.3) is 0 Å². The minimum absolute atomic E-state index is 2.45. The lowest BCUT2D eigenvalue weighted by molar-refractivity contribution is -0.481. The molecule has 13 heteroatoms. The molecule has 0 radical (unpaired) electrons. The average molecular weight is 308 g/mol. The summed E-state index contributed by atoms with van der Waals surface area (Å²) in [5.41, 5.74) is 0. The van der Waals surface area contributed by atoms with Gasteiger partial charge in [-0.25, -0.2) is 4.79 Å². The van der Waals surface area contributed by atoms with Gasteiger partial charge in [-0.15, -0.1) is 0 Å². The van der Waals surface area contributed by atoms with Crippen molar-refractivity contribution < 1.29 is 58.9 Å². The number of hydrogen-bond acceptors (Lipinski definition) is 4. The van der Waals surface area contributed by atoms with Crippen LogP contribution in [0.2, 0.25) is 0 Å². The van der Waals surface area contributed by atoms with E-state index < -0.39 is 36.1 Å². The quantitative estimate of drug-likeness (QED) is 0.591. The first-order chi connectivity index (χ1) is 8.08. The maximum atomic E-state index is 13.0. The molecule has 1 aliphatic heterocycles. The number of rotatable bonds is 1. The summed E-state index contributed by atoms with van der Waals surface area (Å²) in [6, 6.07) is 0. The molecule has 0 spiro atoms. The highest BCUT2D eigenvalue weighted by Gasteiger charge is 2.87. The Balaban J connectivity index is 3.41. The molecule has 0 aromatic carbocycles. The zero-order valence-electron chi connectivity index (χ0n) is 8.07. The summed E-state index contributed by atoms with van der Waals surface area (Å²) in [5, 5.41) is 7.93. The fourth-order valence-corrected chi connectivity index (χ4v) is 1.04. The lowest BCUT2D eigenvalue weighted by atomic mass is 10.2. The number of ether oxygens (including phenoxy) is 2. The van der Waals surface area contributed by atoms with Gasteiger partial charge in [0.1, 0.15) is 0 Å². The maximum Gasteiger partial charge on any atom is 0.465 e. The Morgan fingerprint density at radius 3 is 1.53 bits per heavy atom. The summed E-state index contributed by atoms with van der Waals surface area (Å²) in [5.74, 6) is -15.0. The third-order valence-corrected chi connectivity index (χ3v) is 1.92. The summed E-state index contributed by atoms with van der Waals surface area (Å²) in [6.07, 6.45) is -19.1. The van der Waals surface area contributed by atoms with Crippen molar-refractivity contribution in [2.75, 3.05) is 0 Å². The van der Waals surface area contributed by atoms with Gasteiger partial charge in [0.05, 0.1) is 0 Å². The van der Waals surface area contributed by atoms with E-state index in [0.717, 1.165) is 0 Å². The van der Waals surface area contributed by atoms with Gasteiger partial charge in [0.15, 0.2) is 0 Å². The molecule has 1 aliphatic rings. The molecular weight excluding hydrogens is 307 g/mol. The number of cyclic esters (lactones) is 1. The van der Waals surface area contributed by atoms with Crippen molar-refractivity contribution in [3.05, 3.63) is 0 Å². The van der Waals surface area contributed by atoms with Gasteiger partial charge in [0, 0.05) is 0 Å². The number of hydrogen-bond donors (Lipinski definition) is 1. The zero-order valence-corrected chi connectivity index (χ0v) is 8.07. The summed E-state index contributed by atoms with van der Waals surface area (Å²) < 4.78 is 116. The minimum Gasteiger partial charge on any atom is -0.411 e. The van der Waals surface area contributed by atoms with Crippen molar-refractivity contribution in [3.63, 3.8) is 0 Å². The van der Waals surface area contributed by atoms with Gasteiger partial charge in [0.2, 0.25) is 0 Å². The highest BCUT2D eigenvalue weighted by atomic mass is 19.4. The van der Waals surface area contributed by atoms with Crippen molar-refractivity contribution >= 4 is 5.97 Å². The number of carbonyl (C=O) groups is 1. The van der Waals surface area contributed by atoms with Gasteiger partial charge < -0.3 is 9.84 Å². The molecule has 1 N–H and O–H groups in total. The van der Waals surface area contributed by atoms with Gasteiger partial charge in [-0.2, -0.15) is 39.5 Å². The van der Waals surface area contributed by atoms with Gasteiger partial charge in [0.25, 0.3) is 0 Å². The molecule has 0 aromatic rings. The SMILES string of the molecule is O=C1OC(C(O)(F)F)(C(F)(F)F)OC1(F)C(F)(F)F. The normalized spacial score (nSPS) is 33.5. The molecule has 0 saturated carbocycles. The number of carbonyl (C=O) groups excluding carboxylic acids is 1. The van der Waals surface area contributed by atoms with E-state index in [-0.39, 0.29) is 0 Å². The van der Waals surface area contributed by atoms with E-state index in [9.17, 15) is 44.3 Å². The first kappa shape index (κ1) is 15.8. The van der Waals surface area contributed by atoms with E-state index in [0.29, 0.717) is 0 Å². The van der Waals surface area contributed by atoms with Crippen LogP contribution in [0.15, 0.2) is 0 Å². The fraction of sp³-hybridized carbons (Fsp3) is 0.833. The maximum absolute atomic E-state index is 13.0. The van der Waals surface area contributed by atoms with Gasteiger partial charge >= 0.3 is 36.1 Å². The molecule has 0 bridgehead atoms. The monoisotopic (exact) mass is 308 g/mol. The molecule has 1 fully saturated rings. The van der Waals surface area contributed by atoms with Crippen LogP contribution < -0.4 is 0 Å². The smallest absolute Gasteiger partial charge is 0.411 e. The third-order valence-electron chi connectivity index (χ3n) is 1.92. The summed E-state index contributed by atoms with van der Waals surface area (Å²) >= 11 is 0. The lowest BCUT2D eigenvalue weighted by Crippen LogP contribution is -2.61. The second kappa shape index (κ2) is 3.65. The largest absolute Gasteiger partial charge is 0.465 e. The van der Waals surface area contributed by atoms with E-state index in [4.69, 9.17) is 5.11 Å². The van der Waals surface area contributed by atoms with Crippen molar-refractivity contribution in [1.29, 1.82) is 0 Å². The molecule has 1 heterocycles. The Morgan fingerprint density at radius 1 is 0.947 bits per heavy atom. The topological polar surface area (TPSA) is 55.8 Å². The second-order valence-corrected chi connectivity index (χ2v) is 3.24. The first-order valence-electron chi connectivity index (χ1n) is 3.95. The third kappa shape index (κ3) is 2.00. The van der Waals surface area contributed by atoms with E-state index in [2.05, 4.69) is 9.47 Å². The molecular formula is C6HF9O4. The van der Waals surface area contributed by atoms with Crippen LogP contribution in [0.1, 0.15) is 0 Å². The van der Waals surface area contributed by atoms with Crippen LogP contribution in [0.5, 0.6) is 0 Å². The summed E-state index contributed by atoms with van der Waals surface area (Å²) in [6.45, 7) is 0. The predicted molar refractivity (Wildman–Crippen MR) is 33.0 cm³/mol. The molecule has 2 atom stereocenters. The fourth-order valence-electron chi connectivity index (χ4n) is 1.04. The Kier molecular flexibility index (Phi) is 3.04. The van der Waals surface area contributed by atoms with Crippen LogP contribution in [-0.4, -0.2) is 41.2 Å². The first-order valence-corrected chi connectivity index (χ1v) is 3.95. The van der Waals surface area contributed by atoms with Gasteiger partial charge in [-0.05, 0) is 0 Å². The zero-order chi connectivity index (χ0) is 15.5. The Morgan fingerprint density at radius 2 is 1.37 bits per heavy atom. The Bertz CT molecular complexity index is 379. The standard InChI is InChI=1S/C6HF9O4/c7-2(4(8,9)10)1(16)18-3(19-2,5(11,12)13)6(14,15)17/h17H. The van der Waals surface area contributed by atoms with E-state index in [1.165, 1.54) is 0 Å². The van der Waals surface area contributed by atoms with Gasteiger partial charge in [-0.3, -0.25) is 4.74 Å². The van der Waals surface area contributed by atoms with E-state index >= 15 is 0 Å². The number of esters is 1. The van der Waals surface area contributed by atoms with Crippen molar-refractivity contribution in [1.82, 2.24) is 0 Å². The van der Waals surface area contributed by atoms with Crippen molar-refractivity contribution in [2.45, 2.75) is 30.1 Å². The molecule has 2 unspecified atom stereocenters. The second-order valence-electron chi connectivity index (χ2n) is 3.24. The molecule has 0 amide bonds. The molecule has 1 saturated heterocycles. The number of aliphatic hydroxyl groups is 1. The molecule has 4 nitrogen and oxygen atoms in total. The molecule has 19 heavy (non-hydrogen) atoms. The average Bonchev–Trinajstić information content (AvgIpc) is 2.38. The van der Waals surface area contributed by atoms with E-state index in [1.807, 2.05) is 0 Å². The van der Waals surface area contributed by atoms with Crippen LogP contribution in [0, 0.1) is 0 Å². The lowest BCUT2D eigenvalue weighted by Gasteiger charge is -2.32. The minimum atomic E-state index is -6.54.